The maximum atomic E-state index is 11.6. The quantitative estimate of drug-likeness (QED) is 0.930. The Morgan fingerprint density at radius 2 is 2.28 bits per heavy atom. The van der Waals surface area contributed by atoms with E-state index in [0.717, 1.165) is 28.6 Å². The van der Waals surface area contributed by atoms with Gasteiger partial charge in [0, 0.05) is 21.3 Å². The lowest BCUT2D eigenvalue weighted by Gasteiger charge is -1.99. The van der Waals surface area contributed by atoms with Crippen LogP contribution in [0.2, 0.25) is 0 Å². The molecule has 1 N–H and O–H groups in total. The summed E-state index contributed by atoms with van der Waals surface area (Å²) in [6.07, 6.45) is 2.02. The van der Waals surface area contributed by atoms with Crippen molar-refractivity contribution in [2.75, 3.05) is 5.32 Å². The third-order valence-corrected chi connectivity index (χ3v) is 4.05. The third-order valence-electron chi connectivity index (χ3n) is 2.80. The fourth-order valence-electron chi connectivity index (χ4n) is 1.66. The first-order valence-corrected chi connectivity index (χ1v) is 7.42. The maximum absolute atomic E-state index is 11.6. The molecule has 0 aliphatic heterocycles. The van der Waals surface area contributed by atoms with E-state index in [1.54, 1.807) is 0 Å². The predicted molar refractivity (Wildman–Crippen MR) is 76.6 cm³/mol. The lowest BCUT2D eigenvalue weighted by atomic mass is 10.2. The fourth-order valence-corrected chi connectivity index (χ4v) is 2.79. The molecule has 3 nitrogen and oxygen atoms in total. The van der Waals surface area contributed by atoms with E-state index < -0.39 is 0 Å². The average Bonchev–Trinajstić information content (AvgIpc) is 3.10. The molecular weight excluding hydrogens is 312 g/mol. The van der Waals surface area contributed by atoms with E-state index in [9.17, 15) is 4.79 Å². The van der Waals surface area contributed by atoms with Crippen molar-refractivity contribution in [1.82, 2.24) is 4.98 Å². The Morgan fingerprint density at radius 3 is 3.00 bits per heavy atom. The Hall–Kier alpha value is -1.20. The third kappa shape index (κ3) is 2.62. The summed E-state index contributed by atoms with van der Waals surface area (Å²) < 4.78 is 1.02. The Bertz CT molecular complexity index is 592. The van der Waals surface area contributed by atoms with Crippen molar-refractivity contribution < 1.29 is 4.79 Å². The first-order valence-electron chi connectivity index (χ1n) is 5.75. The molecule has 3 rings (SSSR count). The van der Waals surface area contributed by atoms with Crippen molar-refractivity contribution in [3.63, 3.8) is 0 Å². The normalized spacial score (nSPS) is 14.5. The van der Waals surface area contributed by atoms with Crippen LogP contribution in [0.25, 0.3) is 11.3 Å². The van der Waals surface area contributed by atoms with Gasteiger partial charge in [-0.2, -0.15) is 0 Å². The highest BCUT2D eigenvalue weighted by atomic mass is 79.9. The molecular formula is C13H11BrN2OS. The Balaban J connectivity index is 1.78. The highest BCUT2D eigenvalue weighted by Gasteiger charge is 2.30. The molecule has 1 heterocycles. The number of anilines is 1. The predicted octanol–water partition coefficient (Wildman–Crippen LogP) is 3.92. The lowest BCUT2D eigenvalue weighted by molar-refractivity contribution is -0.117. The fraction of sp³-hybridized carbons (Fsp3) is 0.231. The van der Waals surface area contributed by atoms with Crippen molar-refractivity contribution >= 4 is 38.3 Å². The van der Waals surface area contributed by atoms with E-state index in [4.69, 9.17) is 0 Å². The molecule has 2 aromatic rings. The molecule has 18 heavy (non-hydrogen) atoms. The van der Waals surface area contributed by atoms with Crippen LogP contribution in [0.4, 0.5) is 5.13 Å². The summed E-state index contributed by atoms with van der Waals surface area (Å²) in [4.78, 5) is 16.1. The molecule has 1 aromatic carbocycles. The minimum Gasteiger partial charge on any atom is -0.302 e. The van der Waals surface area contributed by atoms with Gasteiger partial charge in [-0.1, -0.05) is 28.1 Å². The standard InChI is InChI=1S/C13H11BrN2OS/c14-10-3-1-2-9(6-10)11-7-18-13(15-11)16-12(17)8-4-5-8/h1-3,6-8H,4-5H2,(H,15,16,17). The number of benzene rings is 1. The van der Waals surface area contributed by atoms with Crippen LogP contribution in [0.3, 0.4) is 0 Å². The summed E-state index contributed by atoms with van der Waals surface area (Å²) in [5.74, 6) is 0.313. The average molecular weight is 323 g/mol. The lowest BCUT2D eigenvalue weighted by Crippen LogP contribution is -2.12. The number of amides is 1. The van der Waals surface area contributed by atoms with Gasteiger partial charge in [0.25, 0.3) is 0 Å². The molecule has 1 aliphatic rings. The maximum Gasteiger partial charge on any atom is 0.229 e. The van der Waals surface area contributed by atoms with Crippen LogP contribution in [0.5, 0.6) is 0 Å². The van der Waals surface area contributed by atoms with E-state index in [1.165, 1.54) is 11.3 Å². The van der Waals surface area contributed by atoms with Crippen molar-refractivity contribution in [3.05, 3.63) is 34.1 Å². The van der Waals surface area contributed by atoms with E-state index in [2.05, 4.69) is 26.2 Å². The van der Waals surface area contributed by atoms with Crippen LogP contribution in [0, 0.1) is 5.92 Å². The first kappa shape index (κ1) is 11.9. The number of nitrogens with zero attached hydrogens (tertiary/aromatic N) is 1. The molecule has 1 saturated carbocycles. The smallest absolute Gasteiger partial charge is 0.229 e. The minimum atomic E-state index is 0.102. The number of hydrogen-bond acceptors (Lipinski definition) is 3. The zero-order valence-corrected chi connectivity index (χ0v) is 11.9. The van der Waals surface area contributed by atoms with Gasteiger partial charge in [0.05, 0.1) is 5.69 Å². The van der Waals surface area contributed by atoms with Gasteiger partial charge in [-0.15, -0.1) is 11.3 Å². The number of rotatable bonds is 3. The molecule has 0 atom stereocenters. The molecule has 92 valence electrons. The van der Waals surface area contributed by atoms with Crippen molar-refractivity contribution in [2.45, 2.75) is 12.8 Å². The second-order valence-electron chi connectivity index (χ2n) is 4.31. The summed E-state index contributed by atoms with van der Waals surface area (Å²) in [7, 11) is 0. The molecule has 0 spiro atoms. The van der Waals surface area contributed by atoms with E-state index in [0.29, 0.717) is 5.13 Å². The van der Waals surface area contributed by atoms with Gasteiger partial charge in [0.1, 0.15) is 0 Å². The zero-order valence-electron chi connectivity index (χ0n) is 9.52. The Kier molecular flexibility index (Phi) is 3.18. The summed E-state index contributed by atoms with van der Waals surface area (Å²) in [6.45, 7) is 0. The van der Waals surface area contributed by atoms with Gasteiger partial charge in [0.15, 0.2) is 5.13 Å². The Labute approximate surface area is 117 Å². The van der Waals surface area contributed by atoms with Crippen LogP contribution in [0.15, 0.2) is 34.1 Å². The summed E-state index contributed by atoms with van der Waals surface area (Å²) in [5, 5.41) is 5.51. The number of nitrogens with one attached hydrogen (secondary N) is 1. The highest BCUT2D eigenvalue weighted by Crippen LogP contribution is 2.32. The van der Waals surface area contributed by atoms with Gasteiger partial charge in [-0.3, -0.25) is 4.79 Å². The number of carbonyl (C=O) groups is 1. The molecule has 1 fully saturated rings. The van der Waals surface area contributed by atoms with Crippen LogP contribution in [-0.4, -0.2) is 10.9 Å². The number of hydrogen-bond donors (Lipinski definition) is 1. The van der Waals surface area contributed by atoms with Crippen LogP contribution < -0.4 is 5.32 Å². The van der Waals surface area contributed by atoms with Gasteiger partial charge < -0.3 is 5.32 Å². The van der Waals surface area contributed by atoms with E-state index in [-0.39, 0.29) is 11.8 Å². The second-order valence-corrected chi connectivity index (χ2v) is 6.09. The van der Waals surface area contributed by atoms with E-state index in [1.807, 2.05) is 29.6 Å². The molecule has 1 amide bonds. The van der Waals surface area contributed by atoms with Crippen molar-refractivity contribution in [1.29, 1.82) is 0 Å². The number of aromatic nitrogens is 1. The van der Waals surface area contributed by atoms with Crippen LogP contribution >= 0.6 is 27.3 Å². The molecule has 0 unspecified atom stereocenters. The molecule has 1 aromatic heterocycles. The highest BCUT2D eigenvalue weighted by molar-refractivity contribution is 9.10. The number of thiazole rings is 1. The van der Waals surface area contributed by atoms with Gasteiger partial charge >= 0.3 is 0 Å². The van der Waals surface area contributed by atoms with Crippen molar-refractivity contribution in [2.24, 2.45) is 5.92 Å². The Morgan fingerprint density at radius 1 is 1.44 bits per heavy atom. The van der Waals surface area contributed by atoms with E-state index >= 15 is 0 Å². The summed E-state index contributed by atoms with van der Waals surface area (Å²) >= 11 is 4.91. The van der Waals surface area contributed by atoms with Gasteiger partial charge in [0.2, 0.25) is 5.91 Å². The summed E-state index contributed by atoms with van der Waals surface area (Å²) in [6, 6.07) is 7.97. The monoisotopic (exact) mass is 322 g/mol. The van der Waals surface area contributed by atoms with Crippen LogP contribution in [0.1, 0.15) is 12.8 Å². The molecule has 0 saturated heterocycles. The SMILES string of the molecule is O=C(Nc1nc(-c2cccc(Br)c2)cs1)C1CC1. The van der Waals surface area contributed by atoms with Crippen LogP contribution in [-0.2, 0) is 4.79 Å². The van der Waals surface area contributed by atoms with Gasteiger partial charge in [-0.25, -0.2) is 4.98 Å². The topological polar surface area (TPSA) is 42.0 Å². The summed E-state index contributed by atoms with van der Waals surface area (Å²) in [5.41, 5.74) is 1.94. The molecule has 0 radical (unpaired) electrons. The molecule has 1 aliphatic carbocycles. The number of halogens is 1. The first-order chi connectivity index (χ1) is 8.72. The second kappa shape index (κ2) is 4.82. The minimum absolute atomic E-state index is 0.102. The number of carbonyl (C=O) groups excluding carboxylic acids is 1. The zero-order chi connectivity index (χ0) is 12.5. The molecule has 0 bridgehead atoms. The largest absolute Gasteiger partial charge is 0.302 e. The molecule has 5 heteroatoms. The van der Waals surface area contributed by atoms with Gasteiger partial charge in [-0.05, 0) is 25.0 Å². The van der Waals surface area contributed by atoms with Crippen molar-refractivity contribution in [3.8, 4) is 11.3 Å².